The normalized spacial score (nSPS) is 19.2. The highest BCUT2D eigenvalue weighted by Crippen LogP contribution is 2.34. The van der Waals surface area contributed by atoms with Crippen molar-refractivity contribution >= 4 is 5.69 Å². The van der Waals surface area contributed by atoms with Crippen molar-refractivity contribution in [3.05, 3.63) is 24.3 Å². The molecule has 0 fully saturated rings. The number of fused-ring (bicyclic) bond motifs is 1. The number of nitrogens with two attached hydrogens (primary N) is 1. The first-order valence-electron chi connectivity index (χ1n) is 4.38. The Balaban J connectivity index is 2.45. The van der Waals surface area contributed by atoms with Gasteiger partial charge in [0.25, 0.3) is 0 Å². The molecule has 0 bridgehead atoms. The molecule has 0 amide bonds. The average Bonchev–Trinajstić information content (AvgIpc) is 2.13. The van der Waals surface area contributed by atoms with Crippen LogP contribution in [0.1, 0.15) is 13.8 Å². The van der Waals surface area contributed by atoms with Gasteiger partial charge in [-0.2, -0.15) is 0 Å². The zero-order valence-electron chi connectivity index (χ0n) is 7.95. The van der Waals surface area contributed by atoms with Crippen molar-refractivity contribution in [2.45, 2.75) is 19.4 Å². The van der Waals surface area contributed by atoms with Crippen LogP contribution in [0.15, 0.2) is 24.3 Å². The quantitative estimate of drug-likeness (QED) is 0.612. The fourth-order valence-electron chi connectivity index (χ4n) is 1.43. The summed E-state index contributed by atoms with van der Waals surface area (Å²) in [7, 11) is 0. The number of hydrogen-bond donors (Lipinski definition) is 1. The largest absolute Gasteiger partial charge is 0.489 e. The molecule has 1 aliphatic rings. The number of anilines is 1. The standard InChI is InChI=1S/C10H14N2O/c1-10(2)7-13-9-6-4-3-5-8(9)12(10)11/h3-6H,7,11H2,1-2H3. The molecule has 3 nitrogen and oxygen atoms in total. The van der Waals surface area contributed by atoms with E-state index in [1.165, 1.54) is 0 Å². The van der Waals surface area contributed by atoms with E-state index in [4.69, 9.17) is 10.6 Å². The van der Waals surface area contributed by atoms with Crippen LogP contribution in [-0.2, 0) is 0 Å². The summed E-state index contributed by atoms with van der Waals surface area (Å²) in [6.45, 7) is 4.74. The Hall–Kier alpha value is -1.22. The molecule has 13 heavy (non-hydrogen) atoms. The van der Waals surface area contributed by atoms with Crippen molar-refractivity contribution < 1.29 is 4.74 Å². The molecule has 0 unspecified atom stereocenters. The zero-order valence-corrected chi connectivity index (χ0v) is 7.95. The number of hydrogen-bond acceptors (Lipinski definition) is 3. The van der Waals surface area contributed by atoms with E-state index >= 15 is 0 Å². The number of benzene rings is 1. The van der Waals surface area contributed by atoms with Crippen molar-refractivity contribution in [2.75, 3.05) is 11.6 Å². The van der Waals surface area contributed by atoms with E-state index in [2.05, 4.69) is 13.8 Å². The van der Waals surface area contributed by atoms with E-state index in [-0.39, 0.29) is 5.54 Å². The molecule has 0 atom stereocenters. The van der Waals surface area contributed by atoms with Gasteiger partial charge in [-0.15, -0.1) is 0 Å². The third-order valence-corrected chi connectivity index (χ3v) is 2.36. The Bertz CT molecular complexity index is 322. The number of hydrazine groups is 1. The molecule has 0 saturated carbocycles. The van der Waals surface area contributed by atoms with Crippen molar-refractivity contribution in [1.29, 1.82) is 0 Å². The maximum absolute atomic E-state index is 5.98. The summed E-state index contributed by atoms with van der Waals surface area (Å²) in [5, 5.41) is 1.77. The number of para-hydroxylation sites is 2. The van der Waals surface area contributed by atoms with E-state index in [0.717, 1.165) is 11.4 Å². The van der Waals surface area contributed by atoms with Crippen LogP contribution in [0.25, 0.3) is 0 Å². The van der Waals surface area contributed by atoms with E-state index in [9.17, 15) is 0 Å². The molecule has 1 aliphatic heterocycles. The predicted molar refractivity (Wildman–Crippen MR) is 52.7 cm³/mol. The van der Waals surface area contributed by atoms with Gasteiger partial charge < -0.3 is 4.74 Å². The van der Waals surface area contributed by atoms with Gasteiger partial charge in [0.1, 0.15) is 12.4 Å². The Kier molecular flexibility index (Phi) is 1.70. The van der Waals surface area contributed by atoms with Crippen LogP contribution in [-0.4, -0.2) is 12.1 Å². The molecule has 1 heterocycles. The van der Waals surface area contributed by atoms with Gasteiger partial charge in [-0.05, 0) is 26.0 Å². The fraction of sp³-hybridized carbons (Fsp3) is 0.400. The summed E-state index contributed by atoms with van der Waals surface area (Å²) < 4.78 is 5.59. The van der Waals surface area contributed by atoms with Gasteiger partial charge in [-0.1, -0.05) is 12.1 Å². The lowest BCUT2D eigenvalue weighted by atomic mass is 10.0. The first-order chi connectivity index (χ1) is 6.11. The number of nitrogens with zero attached hydrogens (tertiary/aromatic N) is 1. The first kappa shape index (κ1) is 8.38. The van der Waals surface area contributed by atoms with Crippen LogP contribution in [0.3, 0.4) is 0 Å². The van der Waals surface area contributed by atoms with Crippen molar-refractivity contribution in [3.8, 4) is 5.75 Å². The van der Waals surface area contributed by atoms with Gasteiger partial charge in [-0.3, -0.25) is 5.01 Å². The summed E-state index contributed by atoms with van der Waals surface area (Å²) in [5.74, 6) is 6.84. The SMILES string of the molecule is CC1(C)COc2ccccc2N1N. The fourth-order valence-corrected chi connectivity index (χ4v) is 1.43. The lowest BCUT2D eigenvalue weighted by Gasteiger charge is -2.41. The molecule has 1 aromatic carbocycles. The van der Waals surface area contributed by atoms with Gasteiger partial charge in [0.15, 0.2) is 0 Å². The van der Waals surface area contributed by atoms with E-state index in [1.54, 1.807) is 5.01 Å². The van der Waals surface area contributed by atoms with Crippen LogP contribution in [0.5, 0.6) is 5.75 Å². The highest BCUT2D eigenvalue weighted by atomic mass is 16.5. The lowest BCUT2D eigenvalue weighted by Crippen LogP contribution is -2.55. The van der Waals surface area contributed by atoms with Crippen molar-refractivity contribution in [3.63, 3.8) is 0 Å². The average molecular weight is 178 g/mol. The molecule has 1 aromatic rings. The molecule has 0 saturated heterocycles. The summed E-state index contributed by atoms with van der Waals surface area (Å²) in [5.41, 5.74) is 0.827. The predicted octanol–water partition coefficient (Wildman–Crippen LogP) is 1.54. The van der Waals surface area contributed by atoms with E-state index < -0.39 is 0 Å². The van der Waals surface area contributed by atoms with Crippen LogP contribution in [0, 0.1) is 0 Å². The van der Waals surface area contributed by atoms with Crippen LogP contribution in [0.2, 0.25) is 0 Å². The molecule has 0 aliphatic carbocycles. The second-order valence-corrected chi connectivity index (χ2v) is 3.94. The van der Waals surface area contributed by atoms with Gasteiger partial charge >= 0.3 is 0 Å². The third-order valence-electron chi connectivity index (χ3n) is 2.36. The first-order valence-corrected chi connectivity index (χ1v) is 4.38. The highest BCUT2D eigenvalue weighted by molar-refractivity contribution is 5.60. The number of rotatable bonds is 0. The lowest BCUT2D eigenvalue weighted by molar-refractivity contribution is 0.213. The summed E-state index contributed by atoms with van der Waals surface area (Å²) in [6, 6.07) is 7.81. The molecule has 70 valence electrons. The molecular formula is C10H14N2O. The van der Waals surface area contributed by atoms with Gasteiger partial charge in [0.05, 0.1) is 11.2 Å². The molecule has 0 spiro atoms. The highest BCUT2D eigenvalue weighted by Gasteiger charge is 2.31. The summed E-state index contributed by atoms with van der Waals surface area (Å²) in [4.78, 5) is 0. The number of ether oxygens (including phenoxy) is 1. The Labute approximate surface area is 78.1 Å². The minimum absolute atomic E-state index is 0.131. The maximum atomic E-state index is 5.98. The van der Waals surface area contributed by atoms with Gasteiger partial charge in [-0.25, -0.2) is 5.84 Å². The second-order valence-electron chi connectivity index (χ2n) is 3.94. The van der Waals surface area contributed by atoms with Gasteiger partial charge in [0.2, 0.25) is 0 Å². The molecule has 3 heteroatoms. The van der Waals surface area contributed by atoms with Crippen molar-refractivity contribution in [1.82, 2.24) is 0 Å². The summed E-state index contributed by atoms with van der Waals surface area (Å²) >= 11 is 0. The Morgan fingerprint density at radius 2 is 2.08 bits per heavy atom. The monoisotopic (exact) mass is 178 g/mol. The van der Waals surface area contributed by atoms with Crippen LogP contribution >= 0.6 is 0 Å². The molecular weight excluding hydrogens is 164 g/mol. The maximum Gasteiger partial charge on any atom is 0.144 e. The molecule has 0 aromatic heterocycles. The molecule has 2 N–H and O–H groups in total. The third kappa shape index (κ3) is 1.25. The Morgan fingerprint density at radius 1 is 1.38 bits per heavy atom. The van der Waals surface area contributed by atoms with Gasteiger partial charge in [0, 0.05) is 0 Å². The topological polar surface area (TPSA) is 38.5 Å². The van der Waals surface area contributed by atoms with E-state index in [0.29, 0.717) is 6.61 Å². The molecule has 0 radical (unpaired) electrons. The molecule has 2 rings (SSSR count). The summed E-state index contributed by atoms with van der Waals surface area (Å²) in [6.07, 6.45) is 0. The second kappa shape index (κ2) is 2.64. The van der Waals surface area contributed by atoms with Crippen molar-refractivity contribution in [2.24, 2.45) is 5.84 Å². The van der Waals surface area contributed by atoms with Crippen LogP contribution < -0.4 is 15.6 Å². The minimum atomic E-state index is -0.131. The minimum Gasteiger partial charge on any atom is -0.489 e. The zero-order chi connectivity index (χ0) is 9.47. The smallest absolute Gasteiger partial charge is 0.144 e. The Morgan fingerprint density at radius 3 is 2.85 bits per heavy atom. The van der Waals surface area contributed by atoms with E-state index in [1.807, 2.05) is 24.3 Å². The van der Waals surface area contributed by atoms with Crippen LogP contribution in [0.4, 0.5) is 5.69 Å².